The number of hydrogen-bond acceptors (Lipinski definition) is 7. The van der Waals surface area contributed by atoms with Crippen molar-refractivity contribution in [1.29, 1.82) is 0 Å². The van der Waals surface area contributed by atoms with Crippen LogP contribution in [-0.2, 0) is 4.79 Å². The summed E-state index contributed by atoms with van der Waals surface area (Å²) >= 11 is 9.93. The number of rotatable bonds is 10. The van der Waals surface area contributed by atoms with Gasteiger partial charge in [-0.3, -0.25) is 4.79 Å². The molecule has 11 heteroatoms. The first-order chi connectivity index (χ1) is 19.6. The van der Waals surface area contributed by atoms with Gasteiger partial charge in [0, 0.05) is 15.6 Å². The van der Waals surface area contributed by atoms with Crippen LogP contribution in [-0.4, -0.2) is 47.3 Å². The molecule has 41 heavy (non-hydrogen) atoms. The Morgan fingerprint density at radius 1 is 1.20 bits per heavy atom. The summed E-state index contributed by atoms with van der Waals surface area (Å²) in [4.78, 5) is 29.6. The maximum absolute atomic E-state index is 13.8. The van der Waals surface area contributed by atoms with Crippen LogP contribution in [0.2, 0.25) is 5.02 Å². The van der Waals surface area contributed by atoms with Crippen LogP contribution in [0.3, 0.4) is 0 Å². The first kappa shape index (κ1) is 30.1. The molecule has 9 nitrogen and oxygen atoms in total. The molecule has 0 aliphatic heterocycles. The minimum absolute atomic E-state index is 0.0667. The van der Waals surface area contributed by atoms with E-state index in [2.05, 4.69) is 34.9 Å². The van der Waals surface area contributed by atoms with Gasteiger partial charge in [-0.15, -0.1) is 0 Å². The summed E-state index contributed by atoms with van der Waals surface area (Å²) in [6.45, 7) is 7.96. The van der Waals surface area contributed by atoms with Crippen molar-refractivity contribution in [3.05, 3.63) is 79.0 Å². The van der Waals surface area contributed by atoms with Crippen LogP contribution in [0.5, 0.6) is 17.2 Å². The molecule has 0 amide bonds. The smallest absolute Gasteiger partial charge is 0.341 e. The highest BCUT2D eigenvalue weighted by Crippen LogP contribution is 2.42. The Morgan fingerprint density at radius 2 is 1.93 bits per heavy atom. The Kier molecular flexibility index (Phi) is 9.35. The largest absolute Gasteiger partial charge is 0.494 e. The predicted octanol–water partition coefficient (Wildman–Crippen LogP) is 6.66. The second kappa shape index (κ2) is 12.7. The number of methoxy groups -OCH3 is 1. The second-order valence-corrected chi connectivity index (χ2v) is 10.6. The third kappa shape index (κ3) is 6.23. The number of aryl methyl sites for hydroxylation is 1. The summed E-state index contributed by atoms with van der Waals surface area (Å²) in [6.07, 6.45) is 1.45. The van der Waals surface area contributed by atoms with Crippen molar-refractivity contribution < 1.29 is 24.1 Å². The van der Waals surface area contributed by atoms with E-state index in [1.807, 2.05) is 32.0 Å². The lowest BCUT2D eigenvalue weighted by Gasteiger charge is -2.18. The lowest BCUT2D eigenvalue weighted by Crippen LogP contribution is -2.21. The van der Waals surface area contributed by atoms with E-state index in [0.29, 0.717) is 33.4 Å². The van der Waals surface area contributed by atoms with E-state index in [4.69, 9.17) is 35.9 Å². The van der Waals surface area contributed by atoms with E-state index >= 15 is 0 Å². The molecule has 1 heterocycles. The second-order valence-electron chi connectivity index (χ2n) is 9.41. The fourth-order valence-electron chi connectivity index (χ4n) is 4.31. The number of ether oxygens (including phenoxy) is 3. The van der Waals surface area contributed by atoms with Crippen LogP contribution >= 0.6 is 27.5 Å². The van der Waals surface area contributed by atoms with Gasteiger partial charge in [-0.2, -0.15) is 9.78 Å². The number of carboxylic acid groups (broad SMARTS) is 1. The predicted molar refractivity (Wildman–Crippen MR) is 163 cm³/mol. The van der Waals surface area contributed by atoms with Gasteiger partial charge in [0.2, 0.25) is 0 Å². The molecule has 0 fully saturated rings. The first-order valence-corrected chi connectivity index (χ1v) is 14.0. The van der Waals surface area contributed by atoms with Gasteiger partial charge in [0.1, 0.15) is 10.8 Å². The lowest BCUT2D eigenvalue weighted by atomic mass is 9.96. The zero-order valence-electron chi connectivity index (χ0n) is 23.2. The van der Waals surface area contributed by atoms with Crippen molar-refractivity contribution in [1.82, 2.24) is 9.66 Å². The maximum atomic E-state index is 13.8. The lowest BCUT2D eigenvalue weighted by molar-refractivity contribution is -0.139. The first-order valence-electron chi connectivity index (χ1n) is 12.8. The van der Waals surface area contributed by atoms with Crippen LogP contribution in [0.25, 0.3) is 22.3 Å². The molecule has 0 aliphatic carbocycles. The molecule has 0 unspecified atom stereocenters. The van der Waals surface area contributed by atoms with Gasteiger partial charge in [0.05, 0.1) is 30.8 Å². The van der Waals surface area contributed by atoms with Crippen LogP contribution in [0, 0.1) is 6.92 Å². The van der Waals surface area contributed by atoms with Crippen molar-refractivity contribution in [2.24, 2.45) is 5.10 Å². The van der Waals surface area contributed by atoms with Crippen LogP contribution < -0.4 is 19.8 Å². The van der Waals surface area contributed by atoms with Gasteiger partial charge in [-0.25, -0.2) is 9.78 Å². The van der Waals surface area contributed by atoms with Gasteiger partial charge in [-0.1, -0.05) is 37.6 Å². The van der Waals surface area contributed by atoms with E-state index in [0.717, 1.165) is 22.4 Å². The van der Waals surface area contributed by atoms with Crippen LogP contribution in [0.15, 0.2) is 56.8 Å². The molecule has 4 aromatic rings. The van der Waals surface area contributed by atoms with E-state index in [1.54, 1.807) is 24.3 Å². The standard InChI is InChI=1S/C30H29BrClN3O6/c1-6-40-23-11-17(4)21(13-20(23)16(2)3)29-34-22-10-8-7-9-19(22)30(38)35(29)33-14-18-12-24(39-5)28(27(32)26(18)31)41-15-25(36)37/h7-14,16H,6,15H2,1-5H3,(H,36,37). The SMILES string of the molecule is CCOc1cc(C)c(-c2nc3ccccc3c(=O)n2N=Cc2cc(OC)c(OCC(=O)O)c(Cl)c2Br)cc1C(C)C. The highest BCUT2D eigenvalue weighted by Gasteiger charge is 2.20. The number of fused-ring (bicyclic) bond motifs is 1. The zero-order chi connectivity index (χ0) is 29.8. The van der Waals surface area contributed by atoms with Crippen molar-refractivity contribution in [3.63, 3.8) is 0 Å². The maximum Gasteiger partial charge on any atom is 0.341 e. The summed E-state index contributed by atoms with van der Waals surface area (Å²) in [5, 5.41) is 14.1. The number of nitrogens with zero attached hydrogens (tertiary/aromatic N) is 3. The minimum Gasteiger partial charge on any atom is -0.494 e. The van der Waals surface area contributed by atoms with Gasteiger partial charge >= 0.3 is 5.97 Å². The fraction of sp³-hybridized carbons (Fsp3) is 0.267. The minimum atomic E-state index is -1.16. The van der Waals surface area contributed by atoms with E-state index in [9.17, 15) is 9.59 Å². The molecular formula is C30H29BrClN3O6. The molecule has 1 aromatic heterocycles. The summed E-state index contributed by atoms with van der Waals surface area (Å²) in [6, 6.07) is 12.6. The molecule has 0 radical (unpaired) electrons. The normalized spacial score (nSPS) is 11.4. The molecule has 0 aliphatic rings. The highest BCUT2D eigenvalue weighted by molar-refractivity contribution is 9.10. The van der Waals surface area contributed by atoms with Gasteiger partial charge in [0.15, 0.2) is 23.9 Å². The summed E-state index contributed by atoms with van der Waals surface area (Å²) in [7, 11) is 1.41. The number of carbonyl (C=O) groups is 1. The number of hydrogen-bond donors (Lipinski definition) is 1. The molecule has 0 spiro atoms. The van der Waals surface area contributed by atoms with Gasteiger partial charge in [-0.05, 0) is 77.2 Å². The van der Waals surface area contributed by atoms with Crippen LogP contribution in [0.1, 0.15) is 43.4 Å². The number of para-hydroxylation sites is 1. The number of aliphatic carboxylic acids is 1. The average Bonchev–Trinajstić information content (AvgIpc) is 2.94. The van der Waals surface area contributed by atoms with Crippen molar-refractivity contribution in [3.8, 4) is 28.6 Å². The molecule has 3 aromatic carbocycles. The Bertz CT molecular complexity index is 1720. The summed E-state index contributed by atoms with van der Waals surface area (Å²) in [5.74, 6) is 0.421. The molecule has 4 rings (SSSR count). The molecule has 214 valence electrons. The van der Waals surface area contributed by atoms with Crippen LogP contribution in [0.4, 0.5) is 0 Å². The Hall–Kier alpha value is -3.89. The Labute approximate surface area is 250 Å². The van der Waals surface area contributed by atoms with Gasteiger partial charge < -0.3 is 19.3 Å². The average molecular weight is 643 g/mol. The molecule has 1 N–H and O–H groups in total. The van der Waals surface area contributed by atoms with Crippen molar-refractivity contribution in [2.75, 3.05) is 20.3 Å². The molecule has 0 saturated heterocycles. The quantitative estimate of drug-likeness (QED) is 0.193. The topological polar surface area (TPSA) is 112 Å². The summed E-state index contributed by atoms with van der Waals surface area (Å²) in [5.41, 5.74) is 3.26. The van der Waals surface area contributed by atoms with Crippen molar-refractivity contribution in [2.45, 2.75) is 33.6 Å². The molecule has 0 saturated carbocycles. The molecular weight excluding hydrogens is 614 g/mol. The number of aromatic nitrogens is 2. The van der Waals surface area contributed by atoms with Gasteiger partial charge in [0.25, 0.3) is 5.56 Å². The monoisotopic (exact) mass is 641 g/mol. The molecule has 0 bridgehead atoms. The van der Waals surface area contributed by atoms with E-state index in [1.165, 1.54) is 18.0 Å². The number of halogens is 2. The van der Waals surface area contributed by atoms with E-state index < -0.39 is 12.6 Å². The summed E-state index contributed by atoms with van der Waals surface area (Å²) < 4.78 is 18.2. The van der Waals surface area contributed by atoms with E-state index in [-0.39, 0.29) is 28.0 Å². The number of benzene rings is 3. The third-order valence-electron chi connectivity index (χ3n) is 6.30. The van der Waals surface area contributed by atoms with Crippen molar-refractivity contribution >= 4 is 50.6 Å². The third-order valence-corrected chi connectivity index (χ3v) is 7.74. The zero-order valence-corrected chi connectivity index (χ0v) is 25.5. The highest BCUT2D eigenvalue weighted by atomic mass is 79.9. The Morgan fingerprint density at radius 3 is 2.59 bits per heavy atom. The molecule has 0 atom stereocenters. The number of carboxylic acids is 1. The Balaban J connectivity index is 1.93. The fourth-order valence-corrected chi connectivity index (χ4v) is 4.97.